The molecule has 0 atom stereocenters. The zero-order chi connectivity index (χ0) is 14.5. The Labute approximate surface area is 118 Å². The van der Waals surface area contributed by atoms with Crippen molar-refractivity contribution in [2.45, 2.75) is 20.4 Å². The molecule has 4 nitrogen and oxygen atoms in total. The average molecular weight is 270 g/mol. The molecule has 1 aromatic heterocycles. The van der Waals surface area contributed by atoms with Crippen molar-refractivity contribution in [2.24, 2.45) is 0 Å². The first-order chi connectivity index (χ1) is 9.63. The number of nitrogens with one attached hydrogen (secondary N) is 1. The predicted octanol–water partition coefficient (Wildman–Crippen LogP) is 2.35. The maximum absolute atomic E-state index is 12.4. The highest BCUT2D eigenvalue weighted by Gasteiger charge is 2.17. The molecular formula is C16H18N2O2. The van der Waals surface area contributed by atoms with Gasteiger partial charge < -0.3 is 9.88 Å². The van der Waals surface area contributed by atoms with E-state index in [1.54, 1.807) is 4.90 Å². The maximum atomic E-state index is 12.4. The molecule has 1 heterocycles. The number of H-pyrrole nitrogens is 1. The summed E-state index contributed by atoms with van der Waals surface area (Å²) in [5.74, 6) is -0.238. The van der Waals surface area contributed by atoms with E-state index in [2.05, 4.69) is 4.98 Å². The fourth-order valence-corrected chi connectivity index (χ4v) is 2.07. The van der Waals surface area contributed by atoms with Crippen molar-refractivity contribution >= 4 is 5.91 Å². The van der Waals surface area contributed by atoms with Gasteiger partial charge in [0, 0.05) is 31.5 Å². The second-order valence-electron chi connectivity index (χ2n) is 4.67. The van der Waals surface area contributed by atoms with Gasteiger partial charge in [-0.1, -0.05) is 24.3 Å². The van der Waals surface area contributed by atoms with E-state index < -0.39 is 0 Å². The number of hydrogen-bond donors (Lipinski definition) is 1. The lowest BCUT2D eigenvalue weighted by Crippen LogP contribution is -2.33. The average Bonchev–Trinajstić information content (AvgIpc) is 2.46. The molecule has 20 heavy (non-hydrogen) atoms. The largest absolute Gasteiger partial charge is 0.367 e. The van der Waals surface area contributed by atoms with Crippen LogP contribution >= 0.6 is 0 Å². The van der Waals surface area contributed by atoms with Crippen LogP contribution in [0.4, 0.5) is 0 Å². The summed E-state index contributed by atoms with van der Waals surface area (Å²) in [5.41, 5.74) is 2.16. The third kappa shape index (κ3) is 2.96. The van der Waals surface area contributed by atoms with E-state index in [0.29, 0.717) is 13.1 Å². The molecule has 0 aliphatic rings. The zero-order valence-corrected chi connectivity index (χ0v) is 11.7. The smallest absolute Gasteiger partial charge is 0.259 e. The van der Waals surface area contributed by atoms with Crippen LogP contribution in [-0.4, -0.2) is 22.3 Å². The van der Waals surface area contributed by atoms with E-state index in [-0.39, 0.29) is 16.9 Å². The first-order valence-electron chi connectivity index (χ1n) is 6.64. The highest BCUT2D eigenvalue weighted by Crippen LogP contribution is 2.12. The number of carbonyl (C=O) groups is 1. The molecule has 0 aliphatic heterocycles. The minimum atomic E-state index is -0.253. The summed E-state index contributed by atoms with van der Waals surface area (Å²) in [6.07, 6.45) is 2.99. The van der Waals surface area contributed by atoms with Crippen LogP contribution in [0, 0.1) is 6.92 Å². The Morgan fingerprint density at radius 2 is 2.00 bits per heavy atom. The van der Waals surface area contributed by atoms with E-state index in [1.165, 1.54) is 18.5 Å². The number of carbonyl (C=O) groups excluding carboxylic acids is 1. The number of aromatic amines is 1. The fraction of sp³-hybridized carbons (Fsp3) is 0.250. The lowest BCUT2D eigenvalue weighted by Gasteiger charge is -2.21. The van der Waals surface area contributed by atoms with E-state index in [9.17, 15) is 9.59 Å². The van der Waals surface area contributed by atoms with E-state index >= 15 is 0 Å². The van der Waals surface area contributed by atoms with Gasteiger partial charge in [-0.15, -0.1) is 0 Å². The van der Waals surface area contributed by atoms with Gasteiger partial charge in [0.05, 0.1) is 0 Å². The number of pyridine rings is 1. The third-order valence-corrected chi connectivity index (χ3v) is 3.35. The summed E-state index contributed by atoms with van der Waals surface area (Å²) < 4.78 is 0. The highest BCUT2D eigenvalue weighted by molar-refractivity contribution is 5.93. The van der Waals surface area contributed by atoms with Crippen LogP contribution in [0.1, 0.15) is 28.4 Å². The van der Waals surface area contributed by atoms with E-state index in [0.717, 1.165) is 11.1 Å². The number of amides is 1. The SMILES string of the molecule is CCN(Cc1ccccc1C)C(=O)c1c[nH]ccc1=O. The molecule has 0 unspecified atom stereocenters. The van der Waals surface area contributed by atoms with E-state index in [1.807, 2.05) is 38.1 Å². The molecule has 2 rings (SSSR count). The summed E-state index contributed by atoms with van der Waals surface area (Å²) in [5, 5.41) is 0. The molecule has 0 radical (unpaired) electrons. The Balaban J connectivity index is 2.25. The first-order valence-corrected chi connectivity index (χ1v) is 6.64. The second kappa shape index (κ2) is 6.19. The molecule has 0 bridgehead atoms. The highest BCUT2D eigenvalue weighted by atomic mass is 16.2. The van der Waals surface area contributed by atoms with E-state index in [4.69, 9.17) is 0 Å². The number of aromatic nitrogens is 1. The molecule has 1 amide bonds. The van der Waals surface area contributed by atoms with Gasteiger partial charge >= 0.3 is 0 Å². The molecule has 0 saturated heterocycles. The summed E-state index contributed by atoms with van der Waals surface area (Å²) in [6.45, 7) is 4.99. The standard InChI is InChI=1S/C16H18N2O2/c1-3-18(11-13-7-5-4-6-12(13)2)16(20)14-10-17-9-8-15(14)19/h4-10H,3,11H2,1-2H3,(H,17,19). The Morgan fingerprint density at radius 3 is 2.65 bits per heavy atom. The molecule has 0 fully saturated rings. The summed E-state index contributed by atoms with van der Waals surface area (Å²) in [4.78, 5) is 28.6. The maximum Gasteiger partial charge on any atom is 0.259 e. The monoisotopic (exact) mass is 270 g/mol. The van der Waals surface area contributed by atoms with Gasteiger partial charge in [-0.25, -0.2) is 0 Å². The third-order valence-electron chi connectivity index (χ3n) is 3.35. The molecular weight excluding hydrogens is 252 g/mol. The zero-order valence-electron chi connectivity index (χ0n) is 11.7. The van der Waals surface area contributed by atoms with Gasteiger partial charge in [-0.3, -0.25) is 9.59 Å². The van der Waals surface area contributed by atoms with Gasteiger partial charge in [0.2, 0.25) is 0 Å². The molecule has 1 aromatic carbocycles. The van der Waals surface area contributed by atoms with Crippen LogP contribution in [0.5, 0.6) is 0 Å². The van der Waals surface area contributed by atoms with Crippen molar-refractivity contribution < 1.29 is 4.79 Å². The van der Waals surface area contributed by atoms with Crippen LogP contribution in [0.15, 0.2) is 47.5 Å². The number of benzene rings is 1. The lowest BCUT2D eigenvalue weighted by molar-refractivity contribution is 0.0750. The normalized spacial score (nSPS) is 10.3. The van der Waals surface area contributed by atoms with Crippen molar-refractivity contribution in [1.82, 2.24) is 9.88 Å². The molecule has 104 valence electrons. The van der Waals surface area contributed by atoms with Crippen LogP contribution in [-0.2, 0) is 6.54 Å². The van der Waals surface area contributed by atoms with Crippen LogP contribution in [0.3, 0.4) is 0 Å². The van der Waals surface area contributed by atoms with Crippen molar-refractivity contribution in [3.8, 4) is 0 Å². The topological polar surface area (TPSA) is 53.2 Å². The van der Waals surface area contributed by atoms with Gasteiger partial charge in [0.15, 0.2) is 5.43 Å². The summed E-state index contributed by atoms with van der Waals surface area (Å²) in [7, 11) is 0. The predicted molar refractivity (Wildman–Crippen MR) is 78.7 cm³/mol. The first kappa shape index (κ1) is 14.1. The second-order valence-corrected chi connectivity index (χ2v) is 4.67. The molecule has 4 heteroatoms. The number of nitrogens with zero attached hydrogens (tertiary/aromatic N) is 1. The molecule has 0 saturated carbocycles. The van der Waals surface area contributed by atoms with Crippen molar-refractivity contribution in [1.29, 1.82) is 0 Å². The van der Waals surface area contributed by atoms with Gasteiger partial charge in [-0.05, 0) is 25.0 Å². The van der Waals surface area contributed by atoms with Crippen molar-refractivity contribution in [2.75, 3.05) is 6.54 Å². The van der Waals surface area contributed by atoms with Gasteiger partial charge in [0.25, 0.3) is 5.91 Å². The van der Waals surface area contributed by atoms with Crippen LogP contribution in [0.25, 0.3) is 0 Å². The minimum Gasteiger partial charge on any atom is -0.367 e. The number of hydrogen-bond acceptors (Lipinski definition) is 2. The Bertz CT molecular complexity index is 661. The molecule has 2 aromatic rings. The molecule has 0 aliphatic carbocycles. The van der Waals surface area contributed by atoms with Crippen LogP contribution in [0.2, 0.25) is 0 Å². The number of rotatable bonds is 4. The van der Waals surface area contributed by atoms with Gasteiger partial charge in [-0.2, -0.15) is 0 Å². The number of aryl methyl sites for hydroxylation is 1. The minimum absolute atomic E-state index is 0.183. The van der Waals surface area contributed by atoms with Crippen molar-refractivity contribution in [3.05, 3.63) is 69.6 Å². The quantitative estimate of drug-likeness (QED) is 0.927. The van der Waals surface area contributed by atoms with Crippen molar-refractivity contribution in [3.63, 3.8) is 0 Å². The lowest BCUT2D eigenvalue weighted by atomic mass is 10.1. The Kier molecular flexibility index (Phi) is 4.35. The molecule has 1 N–H and O–H groups in total. The molecule has 0 spiro atoms. The van der Waals surface area contributed by atoms with Crippen LogP contribution < -0.4 is 5.43 Å². The Morgan fingerprint density at radius 1 is 1.25 bits per heavy atom. The van der Waals surface area contributed by atoms with Gasteiger partial charge in [0.1, 0.15) is 5.56 Å². The summed E-state index contributed by atoms with van der Waals surface area (Å²) >= 11 is 0. The fourth-order valence-electron chi connectivity index (χ4n) is 2.07. The summed E-state index contributed by atoms with van der Waals surface area (Å²) in [6, 6.07) is 9.31. The Hall–Kier alpha value is -2.36.